The summed E-state index contributed by atoms with van der Waals surface area (Å²) in [5.41, 5.74) is 5.72. The maximum Gasteiger partial charge on any atom is 0.0642 e. The van der Waals surface area contributed by atoms with Crippen LogP contribution in [0.15, 0.2) is 12.1 Å². The molecule has 2 aliphatic rings. The quantitative estimate of drug-likeness (QED) is 0.772. The molecule has 1 N–H and O–H groups in total. The first-order valence-corrected chi connectivity index (χ1v) is 6.00. The molecule has 2 aliphatic heterocycles. The fraction of sp³-hybridized carbons (Fsp3) is 0.538. The Kier molecular flexibility index (Phi) is 2.58. The lowest BCUT2D eigenvalue weighted by molar-refractivity contribution is 0.122. The number of morpholine rings is 1. The summed E-state index contributed by atoms with van der Waals surface area (Å²) in [6, 6.07) is 4.69. The summed E-state index contributed by atoms with van der Waals surface area (Å²) in [7, 11) is 0. The Hall–Kier alpha value is -1.06. The third-order valence-corrected chi connectivity index (χ3v) is 3.50. The average Bonchev–Trinajstić information content (AvgIpc) is 2.76. The van der Waals surface area contributed by atoms with Gasteiger partial charge in [-0.3, -0.25) is 0 Å². The van der Waals surface area contributed by atoms with Crippen molar-refractivity contribution >= 4 is 5.69 Å². The molecule has 1 fully saturated rings. The van der Waals surface area contributed by atoms with Gasteiger partial charge in [0.25, 0.3) is 0 Å². The first kappa shape index (κ1) is 10.1. The van der Waals surface area contributed by atoms with Gasteiger partial charge in [0.05, 0.1) is 13.2 Å². The lowest BCUT2D eigenvalue weighted by atomic mass is 10.0. The van der Waals surface area contributed by atoms with Gasteiger partial charge in [-0.15, -0.1) is 0 Å². The summed E-state index contributed by atoms with van der Waals surface area (Å²) in [5, 5.41) is 3.40. The number of ether oxygens (including phenoxy) is 1. The van der Waals surface area contributed by atoms with E-state index in [0.717, 1.165) is 39.4 Å². The van der Waals surface area contributed by atoms with Gasteiger partial charge >= 0.3 is 0 Å². The summed E-state index contributed by atoms with van der Waals surface area (Å²) >= 11 is 0. The van der Waals surface area contributed by atoms with Crippen LogP contribution >= 0.6 is 0 Å². The summed E-state index contributed by atoms with van der Waals surface area (Å²) in [6.45, 7) is 8.01. The molecule has 0 saturated carbocycles. The number of rotatable bonds is 1. The minimum absolute atomic E-state index is 0.856. The molecule has 86 valence electrons. The highest BCUT2D eigenvalue weighted by atomic mass is 16.5. The second-order valence-electron chi connectivity index (χ2n) is 4.61. The van der Waals surface area contributed by atoms with Crippen molar-refractivity contribution in [3.05, 3.63) is 28.8 Å². The topological polar surface area (TPSA) is 24.5 Å². The highest BCUT2D eigenvalue weighted by Crippen LogP contribution is 2.27. The van der Waals surface area contributed by atoms with Gasteiger partial charge in [-0.05, 0) is 29.7 Å². The molecule has 0 aromatic heterocycles. The highest BCUT2D eigenvalue weighted by molar-refractivity contribution is 5.58. The molecule has 0 radical (unpaired) electrons. The molecule has 0 spiro atoms. The zero-order valence-electron chi connectivity index (χ0n) is 9.75. The molecule has 0 atom stereocenters. The Morgan fingerprint density at radius 2 is 1.81 bits per heavy atom. The highest BCUT2D eigenvalue weighted by Gasteiger charge is 2.17. The fourth-order valence-corrected chi connectivity index (χ4v) is 2.61. The van der Waals surface area contributed by atoms with E-state index in [0.29, 0.717) is 0 Å². The first-order valence-electron chi connectivity index (χ1n) is 6.00. The van der Waals surface area contributed by atoms with E-state index in [2.05, 4.69) is 29.3 Å². The van der Waals surface area contributed by atoms with Crippen LogP contribution in [-0.4, -0.2) is 26.3 Å². The Labute approximate surface area is 96.4 Å². The molecule has 0 aliphatic carbocycles. The maximum absolute atomic E-state index is 5.40. The lowest BCUT2D eigenvalue weighted by Gasteiger charge is -2.30. The lowest BCUT2D eigenvalue weighted by Crippen LogP contribution is -2.36. The molecule has 3 rings (SSSR count). The fourth-order valence-electron chi connectivity index (χ4n) is 2.61. The van der Waals surface area contributed by atoms with Crippen molar-refractivity contribution in [2.75, 3.05) is 31.2 Å². The van der Waals surface area contributed by atoms with Gasteiger partial charge in [-0.1, -0.05) is 6.07 Å². The van der Waals surface area contributed by atoms with Gasteiger partial charge in [-0.2, -0.15) is 0 Å². The summed E-state index contributed by atoms with van der Waals surface area (Å²) in [6.07, 6.45) is 0. The molecule has 16 heavy (non-hydrogen) atoms. The standard InChI is InChI=1S/C13H18N2O/c1-10-6-11-8-14-9-12(11)7-13(10)15-2-4-16-5-3-15/h6-7,14H,2-5,8-9H2,1H3. The van der Waals surface area contributed by atoms with Gasteiger partial charge in [0.15, 0.2) is 0 Å². The number of benzene rings is 1. The number of fused-ring (bicyclic) bond motifs is 1. The minimum Gasteiger partial charge on any atom is -0.378 e. The van der Waals surface area contributed by atoms with E-state index in [9.17, 15) is 0 Å². The summed E-state index contributed by atoms with van der Waals surface area (Å²) < 4.78 is 5.40. The van der Waals surface area contributed by atoms with E-state index >= 15 is 0 Å². The van der Waals surface area contributed by atoms with Crippen molar-refractivity contribution in [3.8, 4) is 0 Å². The predicted octanol–water partition coefficient (Wildman–Crippen LogP) is 1.43. The van der Waals surface area contributed by atoms with Crippen LogP contribution in [0.2, 0.25) is 0 Å². The second kappa shape index (κ2) is 4.07. The van der Waals surface area contributed by atoms with Crippen LogP contribution in [0.1, 0.15) is 16.7 Å². The normalized spacial score (nSPS) is 19.9. The van der Waals surface area contributed by atoms with Crippen molar-refractivity contribution in [1.29, 1.82) is 0 Å². The van der Waals surface area contributed by atoms with Gasteiger partial charge in [0, 0.05) is 31.9 Å². The summed E-state index contributed by atoms with van der Waals surface area (Å²) in [4.78, 5) is 2.44. The van der Waals surface area contributed by atoms with Gasteiger partial charge in [0.2, 0.25) is 0 Å². The Morgan fingerprint density at radius 1 is 1.12 bits per heavy atom. The molecule has 0 unspecified atom stereocenters. The van der Waals surface area contributed by atoms with Gasteiger partial charge < -0.3 is 15.0 Å². The molecule has 1 aromatic rings. The van der Waals surface area contributed by atoms with Crippen molar-refractivity contribution in [2.24, 2.45) is 0 Å². The van der Waals surface area contributed by atoms with Crippen LogP contribution in [0, 0.1) is 6.92 Å². The van der Waals surface area contributed by atoms with Crippen LogP contribution < -0.4 is 10.2 Å². The Balaban J connectivity index is 1.94. The van der Waals surface area contributed by atoms with E-state index < -0.39 is 0 Å². The number of aryl methyl sites for hydroxylation is 1. The molecule has 0 amide bonds. The third-order valence-electron chi connectivity index (χ3n) is 3.50. The van der Waals surface area contributed by atoms with Crippen LogP contribution in [0.4, 0.5) is 5.69 Å². The number of nitrogens with zero attached hydrogens (tertiary/aromatic N) is 1. The molecule has 0 bridgehead atoms. The molecule has 1 aromatic carbocycles. The third kappa shape index (κ3) is 1.70. The Morgan fingerprint density at radius 3 is 2.56 bits per heavy atom. The van der Waals surface area contributed by atoms with Crippen LogP contribution in [0.3, 0.4) is 0 Å². The summed E-state index contributed by atoms with van der Waals surface area (Å²) in [5.74, 6) is 0. The molecule has 1 saturated heterocycles. The number of nitrogens with one attached hydrogen (secondary N) is 1. The van der Waals surface area contributed by atoms with E-state index in [1.807, 2.05) is 0 Å². The maximum atomic E-state index is 5.40. The molecule has 3 heteroatoms. The molecular weight excluding hydrogens is 200 g/mol. The van der Waals surface area contributed by atoms with E-state index in [1.54, 1.807) is 0 Å². The van der Waals surface area contributed by atoms with Gasteiger partial charge in [0.1, 0.15) is 0 Å². The van der Waals surface area contributed by atoms with Crippen molar-refractivity contribution in [1.82, 2.24) is 5.32 Å². The van der Waals surface area contributed by atoms with Crippen LogP contribution in [-0.2, 0) is 17.8 Å². The molecular formula is C13H18N2O. The number of hydrogen-bond acceptors (Lipinski definition) is 3. The second-order valence-corrected chi connectivity index (χ2v) is 4.61. The van der Waals surface area contributed by atoms with E-state index in [4.69, 9.17) is 4.74 Å². The molecule has 2 heterocycles. The number of hydrogen-bond donors (Lipinski definition) is 1. The first-order chi connectivity index (χ1) is 7.84. The van der Waals surface area contributed by atoms with Crippen molar-refractivity contribution in [3.63, 3.8) is 0 Å². The van der Waals surface area contributed by atoms with Crippen molar-refractivity contribution < 1.29 is 4.74 Å². The number of anilines is 1. The Bertz CT molecular complexity index is 397. The minimum atomic E-state index is 0.856. The van der Waals surface area contributed by atoms with E-state index in [1.165, 1.54) is 22.4 Å². The largest absolute Gasteiger partial charge is 0.378 e. The van der Waals surface area contributed by atoms with Crippen LogP contribution in [0.25, 0.3) is 0 Å². The zero-order chi connectivity index (χ0) is 11.0. The smallest absolute Gasteiger partial charge is 0.0642 e. The SMILES string of the molecule is Cc1cc2c(cc1N1CCOCC1)CNC2. The van der Waals surface area contributed by atoms with Crippen molar-refractivity contribution in [2.45, 2.75) is 20.0 Å². The predicted molar refractivity (Wildman–Crippen MR) is 64.8 cm³/mol. The van der Waals surface area contributed by atoms with Gasteiger partial charge in [-0.25, -0.2) is 0 Å². The molecule has 3 nitrogen and oxygen atoms in total. The zero-order valence-corrected chi connectivity index (χ0v) is 9.75. The van der Waals surface area contributed by atoms with E-state index in [-0.39, 0.29) is 0 Å². The monoisotopic (exact) mass is 218 g/mol. The van der Waals surface area contributed by atoms with Crippen LogP contribution in [0.5, 0.6) is 0 Å². The average molecular weight is 218 g/mol.